The number of hydrogen-bond acceptors (Lipinski definition) is 5. The molecule has 0 aromatic heterocycles. The molecular weight excluding hydrogens is 266 g/mol. The minimum absolute atomic E-state index is 0.174. The van der Waals surface area contributed by atoms with Gasteiger partial charge < -0.3 is 19.9 Å². The molecule has 0 radical (unpaired) electrons. The van der Waals surface area contributed by atoms with E-state index in [1.54, 1.807) is 0 Å². The number of rotatable bonds is 10. The minimum atomic E-state index is -0.553. The van der Waals surface area contributed by atoms with E-state index in [-0.39, 0.29) is 5.97 Å². The number of hydrogen-bond donors (Lipinski definition) is 1. The van der Waals surface area contributed by atoms with Crippen molar-refractivity contribution in [2.75, 3.05) is 53.9 Å². The molecule has 0 bridgehead atoms. The SMILES string of the molecule is CNC(C)(CCCCN(C)CCN1CCCC1)C(=O)OC. The summed E-state index contributed by atoms with van der Waals surface area (Å²) < 4.78 is 4.86. The van der Waals surface area contributed by atoms with Gasteiger partial charge in [-0.25, -0.2) is 0 Å². The van der Waals surface area contributed by atoms with Crippen LogP contribution in [-0.4, -0.2) is 75.2 Å². The third kappa shape index (κ3) is 6.32. The molecule has 0 saturated carbocycles. The van der Waals surface area contributed by atoms with E-state index >= 15 is 0 Å². The molecule has 0 aromatic rings. The lowest BCUT2D eigenvalue weighted by molar-refractivity contribution is -0.148. The topological polar surface area (TPSA) is 44.8 Å². The number of unbranched alkanes of at least 4 members (excludes halogenated alkanes) is 1. The Labute approximate surface area is 130 Å². The van der Waals surface area contributed by atoms with Crippen molar-refractivity contribution < 1.29 is 9.53 Å². The minimum Gasteiger partial charge on any atom is -0.468 e. The Morgan fingerprint density at radius 2 is 1.95 bits per heavy atom. The number of esters is 1. The van der Waals surface area contributed by atoms with Gasteiger partial charge in [-0.2, -0.15) is 0 Å². The van der Waals surface area contributed by atoms with Crippen molar-refractivity contribution in [3.63, 3.8) is 0 Å². The van der Waals surface area contributed by atoms with Gasteiger partial charge in [-0.1, -0.05) is 0 Å². The van der Waals surface area contributed by atoms with E-state index in [0.717, 1.165) is 32.4 Å². The maximum absolute atomic E-state index is 11.7. The zero-order chi connectivity index (χ0) is 15.7. The van der Waals surface area contributed by atoms with E-state index in [0.29, 0.717) is 0 Å². The normalized spacial score (nSPS) is 18.9. The number of methoxy groups -OCH3 is 1. The van der Waals surface area contributed by atoms with Crippen LogP contribution in [0.15, 0.2) is 0 Å². The Kier molecular flexibility index (Phi) is 8.22. The molecule has 1 atom stereocenters. The molecule has 1 fully saturated rings. The van der Waals surface area contributed by atoms with Crippen molar-refractivity contribution >= 4 is 5.97 Å². The third-order valence-corrected chi connectivity index (χ3v) is 4.65. The van der Waals surface area contributed by atoms with Crippen molar-refractivity contribution in [1.29, 1.82) is 0 Å². The first-order valence-electron chi connectivity index (χ1n) is 8.20. The van der Waals surface area contributed by atoms with E-state index in [1.165, 1.54) is 39.6 Å². The second kappa shape index (κ2) is 9.38. The van der Waals surface area contributed by atoms with Gasteiger partial charge in [0.25, 0.3) is 0 Å². The van der Waals surface area contributed by atoms with Gasteiger partial charge in [0, 0.05) is 13.1 Å². The summed E-state index contributed by atoms with van der Waals surface area (Å²) in [6.07, 6.45) is 5.68. The molecule has 1 rings (SSSR count). The summed E-state index contributed by atoms with van der Waals surface area (Å²) in [5.74, 6) is -0.174. The Morgan fingerprint density at radius 3 is 2.52 bits per heavy atom. The maximum Gasteiger partial charge on any atom is 0.325 e. The molecule has 0 spiro atoms. The highest BCUT2D eigenvalue weighted by atomic mass is 16.5. The van der Waals surface area contributed by atoms with E-state index in [4.69, 9.17) is 4.74 Å². The largest absolute Gasteiger partial charge is 0.468 e. The molecule has 1 saturated heterocycles. The van der Waals surface area contributed by atoms with E-state index < -0.39 is 5.54 Å². The Bertz CT molecular complexity index is 306. The highest BCUT2D eigenvalue weighted by Crippen LogP contribution is 2.15. The van der Waals surface area contributed by atoms with Gasteiger partial charge in [-0.05, 0) is 72.8 Å². The summed E-state index contributed by atoms with van der Waals surface area (Å²) in [6.45, 7) is 7.87. The molecule has 1 unspecified atom stereocenters. The van der Waals surface area contributed by atoms with E-state index in [9.17, 15) is 4.79 Å². The molecule has 1 heterocycles. The summed E-state index contributed by atoms with van der Waals surface area (Å²) in [5.41, 5.74) is -0.553. The molecule has 124 valence electrons. The molecule has 1 aliphatic rings. The summed E-state index contributed by atoms with van der Waals surface area (Å²) in [7, 11) is 5.46. The summed E-state index contributed by atoms with van der Waals surface area (Å²) in [4.78, 5) is 16.7. The zero-order valence-electron chi connectivity index (χ0n) is 14.3. The van der Waals surface area contributed by atoms with Crippen LogP contribution < -0.4 is 5.32 Å². The van der Waals surface area contributed by atoms with Crippen molar-refractivity contribution in [3.05, 3.63) is 0 Å². The Balaban J connectivity index is 2.12. The lowest BCUT2D eigenvalue weighted by atomic mass is 9.95. The van der Waals surface area contributed by atoms with Crippen LogP contribution in [0.4, 0.5) is 0 Å². The quantitative estimate of drug-likeness (QED) is 0.487. The molecule has 1 aliphatic heterocycles. The van der Waals surface area contributed by atoms with Crippen molar-refractivity contribution in [3.8, 4) is 0 Å². The average Bonchev–Trinajstić information content (AvgIpc) is 3.01. The number of nitrogens with zero attached hydrogens (tertiary/aromatic N) is 2. The van der Waals surface area contributed by atoms with Gasteiger partial charge in [0.15, 0.2) is 0 Å². The second-order valence-electron chi connectivity index (χ2n) is 6.38. The number of likely N-dealkylation sites (N-methyl/N-ethyl adjacent to an activating group) is 2. The highest BCUT2D eigenvalue weighted by molar-refractivity contribution is 5.80. The number of ether oxygens (including phenoxy) is 1. The lowest BCUT2D eigenvalue weighted by Gasteiger charge is -2.26. The van der Waals surface area contributed by atoms with Crippen molar-refractivity contribution in [2.24, 2.45) is 0 Å². The van der Waals surface area contributed by atoms with Gasteiger partial charge in [0.2, 0.25) is 0 Å². The first-order chi connectivity index (χ1) is 10.0. The first kappa shape index (κ1) is 18.4. The van der Waals surface area contributed by atoms with Crippen LogP contribution in [0.1, 0.15) is 39.0 Å². The van der Waals surface area contributed by atoms with Crippen molar-refractivity contribution in [2.45, 2.75) is 44.6 Å². The fraction of sp³-hybridized carbons (Fsp3) is 0.938. The summed E-state index contributed by atoms with van der Waals surface area (Å²) in [6, 6.07) is 0. The third-order valence-electron chi connectivity index (χ3n) is 4.65. The molecule has 0 aliphatic carbocycles. The number of carbonyl (C=O) groups is 1. The van der Waals surface area contributed by atoms with Gasteiger partial charge in [0.05, 0.1) is 7.11 Å². The van der Waals surface area contributed by atoms with Gasteiger partial charge in [0.1, 0.15) is 5.54 Å². The first-order valence-corrected chi connectivity index (χ1v) is 8.20. The summed E-state index contributed by atoms with van der Waals surface area (Å²) in [5, 5.41) is 3.08. The van der Waals surface area contributed by atoms with Gasteiger partial charge in [-0.3, -0.25) is 4.79 Å². The van der Waals surface area contributed by atoms with Crippen molar-refractivity contribution in [1.82, 2.24) is 15.1 Å². The molecular formula is C16H33N3O2. The smallest absolute Gasteiger partial charge is 0.325 e. The number of likely N-dealkylation sites (tertiary alicyclic amines) is 1. The van der Waals surface area contributed by atoms with Crippen LogP contribution in [0.2, 0.25) is 0 Å². The average molecular weight is 299 g/mol. The number of nitrogens with one attached hydrogen (secondary N) is 1. The number of carbonyl (C=O) groups excluding carboxylic acids is 1. The predicted molar refractivity (Wildman–Crippen MR) is 86.5 cm³/mol. The van der Waals surface area contributed by atoms with E-state index in [1.807, 2.05) is 14.0 Å². The fourth-order valence-electron chi connectivity index (χ4n) is 2.84. The molecule has 5 nitrogen and oxygen atoms in total. The Hall–Kier alpha value is -0.650. The summed E-state index contributed by atoms with van der Waals surface area (Å²) >= 11 is 0. The predicted octanol–water partition coefficient (Wildman–Crippen LogP) is 1.34. The molecule has 21 heavy (non-hydrogen) atoms. The van der Waals surface area contributed by atoms with Crippen LogP contribution in [0.3, 0.4) is 0 Å². The fourth-order valence-corrected chi connectivity index (χ4v) is 2.84. The van der Waals surface area contributed by atoms with E-state index in [2.05, 4.69) is 22.2 Å². The van der Waals surface area contributed by atoms with Crippen LogP contribution in [0.5, 0.6) is 0 Å². The van der Waals surface area contributed by atoms with Crippen LogP contribution in [0.25, 0.3) is 0 Å². The second-order valence-corrected chi connectivity index (χ2v) is 6.38. The molecule has 5 heteroatoms. The molecule has 0 aromatic carbocycles. The zero-order valence-corrected chi connectivity index (χ0v) is 14.3. The van der Waals surface area contributed by atoms with Crippen LogP contribution in [-0.2, 0) is 9.53 Å². The Morgan fingerprint density at radius 1 is 1.29 bits per heavy atom. The highest BCUT2D eigenvalue weighted by Gasteiger charge is 2.31. The molecule has 1 N–H and O–H groups in total. The lowest BCUT2D eigenvalue weighted by Crippen LogP contribution is -2.48. The van der Waals surface area contributed by atoms with Crippen LogP contribution >= 0.6 is 0 Å². The molecule has 0 amide bonds. The maximum atomic E-state index is 11.7. The van der Waals surface area contributed by atoms with Gasteiger partial charge >= 0.3 is 5.97 Å². The van der Waals surface area contributed by atoms with Crippen LogP contribution in [0, 0.1) is 0 Å². The standard InChI is InChI=1S/C16H33N3O2/c1-16(17-2,15(20)21-4)9-5-6-10-18(3)13-14-19-11-7-8-12-19/h17H,5-14H2,1-4H3. The monoisotopic (exact) mass is 299 g/mol. The van der Waals surface area contributed by atoms with Gasteiger partial charge in [-0.15, -0.1) is 0 Å².